The quantitative estimate of drug-likeness (QED) is 0.917. The van der Waals surface area contributed by atoms with Crippen molar-refractivity contribution in [3.05, 3.63) is 34.0 Å². The van der Waals surface area contributed by atoms with Crippen molar-refractivity contribution < 1.29 is 4.79 Å². The Morgan fingerprint density at radius 1 is 1.55 bits per heavy atom. The van der Waals surface area contributed by atoms with Crippen LogP contribution < -0.4 is 5.32 Å². The summed E-state index contributed by atoms with van der Waals surface area (Å²) in [5, 5.41) is 13.4. The molecule has 0 saturated carbocycles. The Morgan fingerprint density at radius 3 is 3.25 bits per heavy atom. The molecule has 3 rings (SSSR count). The molecule has 0 aliphatic carbocycles. The van der Waals surface area contributed by atoms with Gasteiger partial charge in [-0.3, -0.25) is 4.79 Å². The van der Waals surface area contributed by atoms with Gasteiger partial charge in [0, 0.05) is 24.3 Å². The number of nitrogens with zero attached hydrogens (tertiary/aromatic N) is 3. The zero-order valence-corrected chi connectivity index (χ0v) is 12.3. The molecule has 0 bridgehead atoms. The molecule has 0 spiro atoms. The van der Waals surface area contributed by atoms with Gasteiger partial charge in [0.2, 0.25) is 5.91 Å². The van der Waals surface area contributed by atoms with Crippen molar-refractivity contribution in [2.75, 3.05) is 0 Å². The van der Waals surface area contributed by atoms with Crippen molar-refractivity contribution in [2.45, 2.75) is 45.2 Å². The molecule has 2 aromatic heterocycles. The Labute approximate surface area is 122 Å². The lowest BCUT2D eigenvalue weighted by molar-refractivity contribution is -0.121. The van der Waals surface area contributed by atoms with Gasteiger partial charge in [0.15, 0.2) is 5.82 Å². The van der Waals surface area contributed by atoms with Crippen LogP contribution in [-0.4, -0.2) is 20.7 Å². The van der Waals surface area contributed by atoms with Crippen molar-refractivity contribution in [2.24, 2.45) is 0 Å². The van der Waals surface area contributed by atoms with Gasteiger partial charge < -0.3 is 9.88 Å². The zero-order chi connectivity index (χ0) is 13.9. The highest BCUT2D eigenvalue weighted by Crippen LogP contribution is 2.19. The molecule has 3 heterocycles. The Balaban J connectivity index is 1.55. The van der Waals surface area contributed by atoms with Crippen LogP contribution in [0.25, 0.3) is 0 Å². The third kappa shape index (κ3) is 2.75. The van der Waals surface area contributed by atoms with E-state index in [0.29, 0.717) is 6.42 Å². The molecule has 1 aliphatic rings. The van der Waals surface area contributed by atoms with Gasteiger partial charge in [0.25, 0.3) is 0 Å². The smallest absolute Gasteiger partial charge is 0.220 e. The van der Waals surface area contributed by atoms with Gasteiger partial charge in [0.05, 0.1) is 6.04 Å². The molecule has 0 fully saturated rings. The molecule has 1 atom stereocenters. The monoisotopic (exact) mass is 290 g/mol. The SMILES string of the molecule is CC(NC(=O)CCc1cccs1)c1nnc2n1CCC2. The van der Waals surface area contributed by atoms with Crippen LogP contribution in [0.15, 0.2) is 17.5 Å². The summed E-state index contributed by atoms with van der Waals surface area (Å²) in [6.45, 7) is 2.94. The van der Waals surface area contributed by atoms with Crippen LogP contribution in [0.3, 0.4) is 0 Å². The Bertz CT molecular complexity index is 590. The molecule has 0 saturated heterocycles. The Morgan fingerprint density at radius 2 is 2.45 bits per heavy atom. The summed E-state index contributed by atoms with van der Waals surface area (Å²) in [6, 6.07) is 4.00. The lowest BCUT2D eigenvalue weighted by Crippen LogP contribution is -2.28. The number of carbonyl (C=O) groups excluding carboxylic acids is 1. The fourth-order valence-electron chi connectivity index (χ4n) is 2.56. The molecule has 20 heavy (non-hydrogen) atoms. The number of amides is 1. The maximum Gasteiger partial charge on any atom is 0.220 e. The summed E-state index contributed by atoms with van der Waals surface area (Å²) in [5.41, 5.74) is 0. The number of hydrogen-bond donors (Lipinski definition) is 1. The number of carbonyl (C=O) groups is 1. The number of fused-ring (bicyclic) bond motifs is 1. The van der Waals surface area contributed by atoms with Crippen molar-refractivity contribution in [1.29, 1.82) is 0 Å². The summed E-state index contributed by atoms with van der Waals surface area (Å²) < 4.78 is 2.13. The summed E-state index contributed by atoms with van der Waals surface area (Å²) in [6.07, 6.45) is 3.43. The second-order valence-corrected chi connectivity index (χ2v) is 6.13. The summed E-state index contributed by atoms with van der Waals surface area (Å²) in [4.78, 5) is 13.2. The van der Waals surface area contributed by atoms with E-state index < -0.39 is 0 Å². The molecule has 0 aromatic carbocycles. The molecule has 6 heteroatoms. The third-order valence-electron chi connectivity index (χ3n) is 3.58. The van der Waals surface area contributed by atoms with Crippen molar-refractivity contribution in [3.8, 4) is 0 Å². The minimum atomic E-state index is -0.0785. The molecular weight excluding hydrogens is 272 g/mol. The van der Waals surface area contributed by atoms with Crippen molar-refractivity contribution in [3.63, 3.8) is 0 Å². The first-order chi connectivity index (χ1) is 9.74. The van der Waals surface area contributed by atoms with Gasteiger partial charge in [0.1, 0.15) is 5.82 Å². The summed E-state index contributed by atoms with van der Waals surface area (Å²) in [5.74, 6) is 1.99. The number of rotatable bonds is 5. The third-order valence-corrected chi connectivity index (χ3v) is 4.52. The average Bonchev–Trinajstić information content (AvgIpc) is 3.13. The largest absolute Gasteiger partial charge is 0.346 e. The first-order valence-electron chi connectivity index (χ1n) is 6.98. The number of thiophene rings is 1. The fourth-order valence-corrected chi connectivity index (χ4v) is 3.27. The van der Waals surface area contributed by atoms with Crippen molar-refractivity contribution >= 4 is 17.2 Å². The maximum absolute atomic E-state index is 12.0. The van der Waals surface area contributed by atoms with Gasteiger partial charge in [-0.15, -0.1) is 21.5 Å². The van der Waals surface area contributed by atoms with E-state index >= 15 is 0 Å². The van der Waals surface area contributed by atoms with E-state index in [2.05, 4.69) is 26.1 Å². The molecule has 1 unspecified atom stereocenters. The molecule has 5 nitrogen and oxygen atoms in total. The van der Waals surface area contributed by atoms with E-state index in [1.54, 1.807) is 11.3 Å². The minimum absolute atomic E-state index is 0.0706. The minimum Gasteiger partial charge on any atom is -0.346 e. The van der Waals surface area contributed by atoms with Crippen LogP contribution >= 0.6 is 11.3 Å². The van der Waals surface area contributed by atoms with Crippen LogP contribution in [0.4, 0.5) is 0 Å². The van der Waals surface area contributed by atoms with E-state index in [1.165, 1.54) is 4.88 Å². The van der Waals surface area contributed by atoms with Gasteiger partial charge in [-0.05, 0) is 31.2 Å². The number of hydrogen-bond acceptors (Lipinski definition) is 4. The average molecular weight is 290 g/mol. The molecule has 106 valence electrons. The van der Waals surface area contributed by atoms with Crippen LogP contribution in [0.5, 0.6) is 0 Å². The Kier molecular flexibility index (Phi) is 3.82. The topological polar surface area (TPSA) is 59.8 Å². The lowest BCUT2D eigenvalue weighted by Gasteiger charge is -2.13. The number of nitrogens with one attached hydrogen (secondary N) is 1. The molecule has 1 aliphatic heterocycles. The molecule has 2 aromatic rings. The van der Waals surface area contributed by atoms with Crippen LogP contribution in [0, 0.1) is 0 Å². The Hall–Kier alpha value is -1.69. The van der Waals surface area contributed by atoms with Crippen LogP contribution in [0.2, 0.25) is 0 Å². The normalized spacial score (nSPS) is 15.1. The fraction of sp³-hybridized carbons (Fsp3) is 0.500. The van der Waals surface area contributed by atoms with E-state index in [9.17, 15) is 4.79 Å². The highest BCUT2D eigenvalue weighted by Gasteiger charge is 2.22. The van der Waals surface area contributed by atoms with Crippen LogP contribution in [0.1, 0.15) is 42.3 Å². The second-order valence-electron chi connectivity index (χ2n) is 5.10. The van der Waals surface area contributed by atoms with Gasteiger partial charge in [-0.25, -0.2) is 0 Å². The molecule has 1 N–H and O–H groups in total. The standard InChI is InChI=1S/C14H18N4OS/c1-10(14-17-16-12-5-2-8-18(12)14)15-13(19)7-6-11-4-3-9-20-11/h3-4,9-10H,2,5-8H2,1H3,(H,15,19). The van der Waals surface area contributed by atoms with Gasteiger partial charge in [-0.2, -0.15) is 0 Å². The maximum atomic E-state index is 12.0. The highest BCUT2D eigenvalue weighted by atomic mass is 32.1. The van der Waals surface area contributed by atoms with Crippen molar-refractivity contribution in [1.82, 2.24) is 20.1 Å². The first kappa shape index (κ1) is 13.3. The van der Waals surface area contributed by atoms with E-state index in [0.717, 1.165) is 37.5 Å². The van der Waals surface area contributed by atoms with Gasteiger partial charge >= 0.3 is 0 Å². The second kappa shape index (κ2) is 5.75. The summed E-state index contributed by atoms with van der Waals surface area (Å²) >= 11 is 1.69. The summed E-state index contributed by atoms with van der Waals surface area (Å²) in [7, 11) is 0. The number of aryl methyl sites for hydroxylation is 2. The van der Waals surface area contributed by atoms with Gasteiger partial charge in [-0.1, -0.05) is 6.07 Å². The highest BCUT2D eigenvalue weighted by molar-refractivity contribution is 7.09. The number of aromatic nitrogens is 3. The van der Waals surface area contributed by atoms with E-state index in [4.69, 9.17) is 0 Å². The van der Waals surface area contributed by atoms with E-state index in [1.807, 2.05) is 18.4 Å². The predicted octanol–water partition coefficient (Wildman–Crippen LogP) is 2.10. The predicted molar refractivity (Wildman–Crippen MR) is 77.5 cm³/mol. The zero-order valence-electron chi connectivity index (χ0n) is 11.5. The van der Waals surface area contributed by atoms with Crippen LogP contribution in [-0.2, 0) is 24.2 Å². The van der Waals surface area contributed by atoms with E-state index in [-0.39, 0.29) is 11.9 Å². The molecule has 1 amide bonds. The molecular formula is C14H18N4OS. The lowest BCUT2D eigenvalue weighted by atomic mass is 10.2. The molecule has 0 radical (unpaired) electrons. The first-order valence-corrected chi connectivity index (χ1v) is 7.85.